The van der Waals surface area contributed by atoms with Gasteiger partial charge >= 0.3 is 0 Å². The van der Waals surface area contributed by atoms with Gasteiger partial charge in [0.05, 0.1) is 0 Å². The van der Waals surface area contributed by atoms with Crippen molar-refractivity contribution < 1.29 is 4.21 Å². The van der Waals surface area contributed by atoms with Crippen molar-refractivity contribution in [1.29, 1.82) is 0 Å². The van der Waals surface area contributed by atoms with Crippen LogP contribution in [0, 0.1) is 5.92 Å². The second kappa shape index (κ2) is 6.55. The fourth-order valence-electron chi connectivity index (χ4n) is 1.01. The summed E-state index contributed by atoms with van der Waals surface area (Å²) in [4.78, 5) is 0. The third-order valence-electron chi connectivity index (χ3n) is 2.76. The molecule has 0 radical (unpaired) electrons. The Morgan fingerprint density at radius 2 is 1.77 bits per heavy atom. The normalized spacial score (nSPS) is 20.7. The molecule has 0 aliphatic heterocycles. The minimum atomic E-state index is -0.742. The molecule has 2 nitrogen and oxygen atoms in total. The molecule has 4 unspecified atom stereocenters. The highest BCUT2D eigenvalue weighted by Crippen LogP contribution is 2.09. The Kier molecular flexibility index (Phi) is 6.60. The molecule has 0 aliphatic rings. The molecule has 4 atom stereocenters. The van der Waals surface area contributed by atoms with Crippen molar-refractivity contribution in [2.75, 3.05) is 5.75 Å². The number of hydrogen-bond donors (Lipinski definition) is 1. The molecule has 0 aromatic rings. The van der Waals surface area contributed by atoms with Crippen molar-refractivity contribution >= 4 is 10.8 Å². The van der Waals surface area contributed by atoms with Crippen LogP contribution in [-0.2, 0) is 10.8 Å². The Labute approximate surface area is 84.7 Å². The molecule has 0 rings (SSSR count). The van der Waals surface area contributed by atoms with Crippen molar-refractivity contribution in [2.45, 2.75) is 51.8 Å². The summed E-state index contributed by atoms with van der Waals surface area (Å²) in [5.74, 6) is 1.14. The highest BCUT2D eigenvalue weighted by molar-refractivity contribution is 7.85. The van der Waals surface area contributed by atoms with Crippen molar-refractivity contribution in [2.24, 2.45) is 11.7 Å². The highest BCUT2D eigenvalue weighted by atomic mass is 32.2. The lowest BCUT2D eigenvalue weighted by Gasteiger charge is -2.19. The summed E-state index contributed by atoms with van der Waals surface area (Å²) < 4.78 is 11.6. The SMILES string of the molecule is CCC(C)C(N)CS(=O)C(C)CC. The molecule has 2 N–H and O–H groups in total. The van der Waals surface area contributed by atoms with Crippen molar-refractivity contribution in [3.63, 3.8) is 0 Å². The van der Waals surface area contributed by atoms with Gasteiger partial charge in [-0.1, -0.05) is 34.1 Å². The van der Waals surface area contributed by atoms with Crippen LogP contribution in [0.4, 0.5) is 0 Å². The Morgan fingerprint density at radius 3 is 2.15 bits per heavy atom. The molecular formula is C10H23NOS. The molecule has 0 heterocycles. The zero-order valence-electron chi connectivity index (χ0n) is 9.25. The maximum atomic E-state index is 11.6. The third kappa shape index (κ3) is 4.77. The second-order valence-electron chi connectivity index (χ2n) is 3.82. The highest BCUT2D eigenvalue weighted by Gasteiger charge is 2.16. The van der Waals surface area contributed by atoms with Crippen LogP contribution in [-0.4, -0.2) is 21.3 Å². The largest absolute Gasteiger partial charge is 0.327 e. The van der Waals surface area contributed by atoms with E-state index in [2.05, 4.69) is 20.8 Å². The fourth-order valence-corrected chi connectivity index (χ4v) is 2.42. The molecule has 3 heteroatoms. The van der Waals surface area contributed by atoms with Gasteiger partial charge in [0.2, 0.25) is 0 Å². The lowest BCUT2D eigenvalue weighted by Crippen LogP contribution is -2.35. The quantitative estimate of drug-likeness (QED) is 0.720. The van der Waals surface area contributed by atoms with E-state index in [1.165, 1.54) is 0 Å². The van der Waals surface area contributed by atoms with Crippen LogP contribution in [0.2, 0.25) is 0 Å². The van der Waals surface area contributed by atoms with Crippen molar-refractivity contribution in [1.82, 2.24) is 0 Å². The van der Waals surface area contributed by atoms with E-state index in [1.54, 1.807) is 0 Å². The van der Waals surface area contributed by atoms with Crippen molar-refractivity contribution in [3.8, 4) is 0 Å². The molecule has 0 saturated carbocycles. The number of rotatable bonds is 6. The summed E-state index contributed by atoms with van der Waals surface area (Å²) in [6.45, 7) is 8.34. The summed E-state index contributed by atoms with van der Waals surface area (Å²) >= 11 is 0. The second-order valence-corrected chi connectivity index (χ2v) is 5.72. The Hall–Kier alpha value is 0.110. The Morgan fingerprint density at radius 1 is 1.23 bits per heavy atom. The van der Waals surface area contributed by atoms with E-state index in [1.807, 2.05) is 6.92 Å². The molecule has 0 fully saturated rings. The fraction of sp³-hybridized carbons (Fsp3) is 1.00. The standard InChI is InChI=1S/C10H23NOS/c1-5-8(3)10(11)7-13(12)9(4)6-2/h8-10H,5-7,11H2,1-4H3. The molecular weight excluding hydrogens is 182 g/mol. The van der Waals surface area contributed by atoms with Crippen LogP contribution in [0.15, 0.2) is 0 Å². The molecule has 0 amide bonds. The van der Waals surface area contributed by atoms with Crippen LogP contribution in [0.3, 0.4) is 0 Å². The maximum absolute atomic E-state index is 11.6. The first kappa shape index (κ1) is 13.1. The van der Waals surface area contributed by atoms with E-state index in [9.17, 15) is 4.21 Å². The van der Waals surface area contributed by atoms with Gasteiger partial charge in [0.25, 0.3) is 0 Å². The van der Waals surface area contributed by atoms with E-state index in [-0.39, 0.29) is 11.3 Å². The Bertz CT molecular complexity index is 161. The summed E-state index contributed by atoms with van der Waals surface area (Å²) in [6, 6.07) is 0.0971. The molecule has 13 heavy (non-hydrogen) atoms. The molecule has 0 bridgehead atoms. The molecule has 0 aromatic heterocycles. The minimum absolute atomic E-state index is 0.0971. The lowest BCUT2D eigenvalue weighted by atomic mass is 10.0. The maximum Gasteiger partial charge on any atom is 0.0391 e. The van der Waals surface area contributed by atoms with E-state index < -0.39 is 10.8 Å². The number of nitrogens with two attached hydrogens (primary N) is 1. The average molecular weight is 205 g/mol. The molecule has 0 saturated heterocycles. The van der Waals surface area contributed by atoms with Gasteiger partial charge in [0.1, 0.15) is 0 Å². The van der Waals surface area contributed by atoms with Gasteiger partial charge in [-0.25, -0.2) is 0 Å². The van der Waals surface area contributed by atoms with Crippen LogP contribution in [0.1, 0.15) is 40.5 Å². The lowest BCUT2D eigenvalue weighted by molar-refractivity contribution is 0.471. The predicted octanol–water partition coefficient (Wildman–Crippen LogP) is 1.91. The topological polar surface area (TPSA) is 43.1 Å². The monoisotopic (exact) mass is 205 g/mol. The summed E-state index contributed by atoms with van der Waals surface area (Å²) in [5.41, 5.74) is 5.93. The predicted molar refractivity (Wildman–Crippen MR) is 60.2 cm³/mol. The number of hydrogen-bond acceptors (Lipinski definition) is 2. The average Bonchev–Trinajstić information content (AvgIpc) is 2.14. The van der Waals surface area contributed by atoms with E-state index >= 15 is 0 Å². The van der Waals surface area contributed by atoms with E-state index in [0.29, 0.717) is 11.7 Å². The van der Waals surface area contributed by atoms with Gasteiger partial charge in [0, 0.05) is 27.8 Å². The van der Waals surface area contributed by atoms with Crippen LogP contribution < -0.4 is 5.73 Å². The summed E-state index contributed by atoms with van der Waals surface area (Å²) in [5, 5.41) is 0.287. The first-order valence-corrected chi connectivity index (χ1v) is 6.53. The van der Waals surface area contributed by atoms with E-state index in [0.717, 1.165) is 12.8 Å². The van der Waals surface area contributed by atoms with Gasteiger partial charge < -0.3 is 5.73 Å². The first-order valence-electron chi connectivity index (χ1n) is 5.15. The smallest absolute Gasteiger partial charge is 0.0391 e. The van der Waals surface area contributed by atoms with Crippen LogP contribution >= 0.6 is 0 Å². The zero-order chi connectivity index (χ0) is 10.4. The third-order valence-corrected chi connectivity index (χ3v) is 4.70. The van der Waals surface area contributed by atoms with Gasteiger partial charge in [-0.05, 0) is 12.3 Å². The van der Waals surface area contributed by atoms with Crippen molar-refractivity contribution in [3.05, 3.63) is 0 Å². The molecule has 80 valence electrons. The summed E-state index contributed by atoms with van der Waals surface area (Å²) in [6.07, 6.45) is 2.04. The van der Waals surface area contributed by atoms with Gasteiger partial charge in [-0.15, -0.1) is 0 Å². The van der Waals surface area contributed by atoms with Crippen LogP contribution in [0.5, 0.6) is 0 Å². The molecule has 0 aromatic carbocycles. The van der Waals surface area contributed by atoms with Gasteiger partial charge in [-0.3, -0.25) is 4.21 Å². The van der Waals surface area contributed by atoms with Gasteiger partial charge in [-0.2, -0.15) is 0 Å². The molecule has 0 aliphatic carbocycles. The Balaban J connectivity index is 3.91. The zero-order valence-corrected chi connectivity index (χ0v) is 10.1. The minimum Gasteiger partial charge on any atom is -0.327 e. The summed E-state index contributed by atoms with van der Waals surface area (Å²) in [7, 11) is -0.742. The first-order chi connectivity index (χ1) is 6.02. The van der Waals surface area contributed by atoms with Gasteiger partial charge in [0.15, 0.2) is 0 Å². The van der Waals surface area contributed by atoms with Crippen LogP contribution in [0.25, 0.3) is 0 Å². The van der Waals surface area contributed by atoms with E-state index in [4.69, 9.17) is 5.73 Å². The molecule has 0 spiro atoms.